The van der Waals surface area contributed by atoms with Crippen LogP contribution < -0.4 is 5.32 Å². The Morgan fingerprint density at radius 3 is 2.76 bits per heavy atom. The molecule has 0 unspecified atom stereocenters. The molecule has 0 aliphatic carbocycles. The second kappa shape index (κ2) is 5.12. The van der Waals surface area contributed by atoms with Crippen LogP contribution in [0.5, 0.6) is 0 Å². The summed E-state index contributed by atoms with van der Waals surface area (Å²) < 4.78 is 0. The molecule has 0 aliphatic rings. The lowest BCUT2D eigenvalue weighted by Gasteiger charge is -2.04. The van der Waals surface area contributed by atoms with E-state index in [9.17, 15) is 4.79 Å². The molecule has 1 amide bonds. The van der Waals surface area contributed by atoms with Gasteiger partial charge in [-0.1, -0.05) is 23.2 Å². The average Bonchev–Trinajstić information content (AvgIpc) is 2.34. The first-order valence-electron chi connectivity index (χ1n) is 4.69. The van der Waals surface area contributed by atoms with Gasteiger partial charge in [0, 0.05) is 12.4 Å². The summed E-state index contributed by atoms with van der Waals surface area (Å²) in [4.78, 5) is 19.5. The molecule has 0 radical (unpaired) electrons. The third-order valence-electron chi connectivity index (χ3n) is 1.98. The Bertz CT molecular complexity index is 546. The summed E-state index contributed by atoms with van der Waals surface area (Å²) >= 11 is 11.4. The van der Waals surface area contributed by atoms with Gasteiger partial charge in [0.15, 0.2) is 0 Å². The highest BCUT2D eigenvalue weighted by atomic mass is 35.5. The van der Waals surface area contributed by atoms with Crippen molar-refractivity contribution in [2.24, 2.45) is 0 Å². The zero-order valence-corrected chi connectivity index (χ0v) is 10.0. The second-order valence-corrected chi connectivity index (χ2v) is 3.96. The Labute approximate surface area is 108 Å². The van der Waals surface area contributed by atoms with Gasteiger partial charge in [-0.25, -0.2) is 4.98 Å². The number of aromatic nitrogens is 2. The van der Waals surface area contributed by atoms with Gasteiger partial charge in [0.05, 0.1) is 22.5 Å². The lowest BCUT2D eigenvalue weighted by molar-refractivity contribution is 0.102. The van der Waals surface area contributed by atoms with Crippen molar-refractivity contribution in [1.29, 1.82) is 0 Å². The van der Waals surface area contributed by atoms with Gasteiger partial charge in [-0.2, -0.15) is 0 Å². The summed E-state index contributed by atoms with van der Waals surface area (Å²) in [6, 6.07) is 4.92. The Kier molecular flexibility index (Phi) is 3.56. The molecule has 86 valence electrons. The SMILES string of the molecule is O=C(Nc1cccnc1)c1cnc(Cl)c(Cl)c1. The predicted molar refractivity (Wildman–Crippen MR) is 66.4 cm³/mol. The van der Waals surface area contributed by atoms with Crippen LogP contribution in [-0.2, 0) is 0 Å². The van der Waals surface area contributed by atoms with Gasteiger partial charge < -0.3 is 5.32 Å². The molecule has 17 heavy (non-hydrogen) atoms. The molecule has 0 saturated carbocycles. The number of nitrogens with one attached hydrogen (secondary N) is 1. The van der Waals surface area contributed by atoms with E-state index in [1.807, 2.05) is 0 Å². The van der Waals surface area contributed by atoms with Crippen molar-refractivity contribution in [2.45, 2.75) is 0 Å². The number of carbonyl (C=O) groups is 1. The summed E-state index contributed by atoms with van der Waals surface area (Å²) in [6.45, 7) is 0. The first kappa shape index (κ1) is 11.8. The third kappa shape index (κ3) is 2.93. The quantitative estimate of drug-likeness (QED) is 0.851. The van der Waals surface area contributed by atoms with Crippen molar-refractivity contribution >= 4 is 34.8 Å². The fraction of sp³-hybridized carbons (Fsp3) is 0. The number of nitrogens with zero attached hydrogens (tertiary/aromatic N) is 2. The first-order chi connectivity index (χ1) is 8.16. The van der Waals surface area contributed by atoms with Gasteiger partial charge in [0.2, 0.25) is 0 Å². The number of rotatable bonds is 2. The molecule has 0 aliphatic heterocycles. The van der Waals surface area contributed by atoms with Crippen molar-refractivity contribution in [3.05, 3.63) is 52.5 Å². The van der Waals surface area contributed by atoms with Crippen molar-refractivity contribution < 1.29 is 4.79 Å². The molecular formula is C11H7Cl2N3O. The Morgan fingerprint density at radius 1 is 1.29 bits per heavy atom. The van der Waals surface area contributed by atoms with E-state index < -0.39 is 0 Å². The topological polar surface area (TPSA) is 54.9 Å². The van der Waals surface area contributed by atoms with E-state index in [0.29, 0.717) is 11.3 Å². The molecule has 4 nitrogen and oxygen atoms in total. The molecule has 0 fully saturated rings. The van der Waals surface area contributed by atoms with Crippen molar-refractivity contribution in [2.75, 3.05) is 5.32 Å². The number of carbonyl (C=O) groups excluding carboxylic acids is 1. The highest BCUT2D eigenvalue weighted by molar-refractivity contribution is 6.41. The molecule has 2 aromatic heterocycles. The third-order valence-corrected chi connectivity index (χ3v) is 2.66. The molecule has 0 atom stereocenters. The van der Waals surface area contributed by atoms with Gasteiger partial charge in [0.25, 0.3) is 5.91 Å². The summed E-state index contributed by atoms with van der Waals surface area (Å²) in [5.41, 5.74) is 0.937. The number of pyridine rings is 2. The van der Waals surface area contributed by atoms with Gasteiger partial charge in [-0.05, 0) is 18.2 Å². The van der Waals surface area contributed by atoms with Crippen LogP contribution in [0.4, 0.5) is 5.69 Å². The van der Waals surface area contributed by atoms with Crippen LogP contribution in [0.1, 0.15) is 10.4 Å². The molecule has 0 bridgehead atoms. The van der Waals surface area contributed by atoms with Crippen LogP contribution in [0.2, 0.25) is 10.2 Å². The van der Waals surface area contributed by atoms with E-state index >= 15 is 0 Å². The predicted octanol–water partition coefficient (Wildman–Crippen LogP) is 3.04. The zero-order valence-electron chi connectivity index (χ0n) is 8.52. The van der Waals surface area contributed by atoms with Crippen LogP contribution >= 0.6 is 23.2 Å². The molecule has 6 heteroatoms. The van der Waals surface area contributed by atoms with Crippen LogP contribution in [0.25, 0.3) is 0 Å². The van der Waals surface area contributed by atoms with Gasteiger partial charge in [-0.3, -0.25) is 9.78 Å². The average molecular weight is 268 g/mol. The maximum absolute atomic E-state index is 11.8. The fourth-order valence-electron chi connectivity index (χ4n) is 1.19. The maximum atomic E-state index is 11.8. The van der Waals surface area contributed by atoms with Crippen LogP contribution in [0.3, 0.4) is 0 Å². The Balaban J connectivity index is 2.18. The molecule has 0 spiro atoms. The molecule has 2 rings (SSSR count). The van der Waals surface area contributed by atoms with Crippen molar-refractivity contribution in [3.63, 3.8) is 0 Å². The van der Waals surface area contributed by atoms with E-state index in [1.54, 1.807) is 24.5 Å². The molecule has 0 aromatic carbocycles. The van der Waals surface area contributed by atoms with E-state index in [4.69, 9.17) is 23.2 Å². The van der Waals surface area contributed by atoms with Crippen molar-refractivity contribution in [3.8, 4) is 0 Å². The summed E-state index contributed by atoms with van der Waals surface area (Å²) in [5.74, 6) is -0.316. The Hall–Kier alpha value is -1.65. The number of amides is 1. The van der Waals surface area contributed by atoms with E-state index in [0.717, 1.165) is 0 Å². The van der Waals surface area contributed by atoms with E-state index in [2.05, 4.69) is 15.3 Å². The summed E-state index contributed by atoms with van der Waals surface area (Å²) in [7, 11) is 0. The molecule has 0 saturated heterocycles. The van der Waals surface area contributed by atoms with Gasteiger partial charge in [-0.15, -0.1) is 0 Å². The molecular weight excluding hydrogens is 261 g/mol. The number of halogens is 2. The number of anilines is 1. The van der Waals surface area contributed by atoms with E-state index in [-0.39, 0.29) is 16.1 Å². The molecule has 2 heterocycles. The number of hydrogen-bond donors (Lipinski definition) is 1. The van der Waals surface area contributed by atoms with Crippen LogP contribution in [-0.4, -0.2) is 15.9 Å². The minimum absolute atomic E-state index is 0.171. The lowest BCUT2D eigenvalue weighted by Crippen LogP contribution is -2.12. The minimum Gasteiger partial charge on any atom is -0.321 e. The highest BCUT2D eigenvalue weighted by Crippen LogP contribution is 2.20. The minimum atomic E-state index is -0.316. The Morgan fingerprint density at radius 2 is 2.12 bits per heavy atom. The monoisotopic (exact) mass is 267 g/mol. The first-order valence-corrected chi connectivity index (χ1v) is 5.45. The summed E-state index contributed by atoms with van der Waals surface area (Å²) in [6.07, 6.45) is 4.53. The maximum Gasteiger partial charge on any atom is 0.257 e. The van der Waals surface area contributed by atoms with E-state index in [1.165, 1.54) is 12.3 Å². The number of hydrogen-bond acceptors (Lipinski definition) is 3. The van der Waals surface area contributed by atoms with Gasteiger partial charge in [0.1, 0.15) is 5.15 Å². The molecule has 2 aromatic rings. The standard InChI is InChI=1S/C11H7Cl2N3O/c12-9-4-7(5-15-10(9)13)11(17)16-8-2-1-3-14-6-8/h1-6H,(H,16,17). The molecule has 1 N–H and O–H groups in total. The largest absolute Gasteiger partial charge is 0.321 e. The summed E-state index contributed by atoms with van der Waals surface area (Å²) in [5, 5.41) is 3.07. The van der Waals surface area contributed by atoms with Crippen LogP contribution in [0.15, 0.2) is 36.8 Å². The fourth-order valence-corrected chi connectivity index (χ4v) is 1.46. The highest BCUT2D eigenvalue weighted by Gasteiger charge is 2.09. The van der Waals surface area contributed by atoms with Crippen LogP contribution in [0, 0.1) is 0 Å². The van der Waals surface area contributed by atoms with Gasteiger partial charge >= 0.3 is 0 Å². The smallest absolute Gasteiger partial charge is 0.257 e. The second-order valence-electron chi connectivity index (χ2n) is 3.19. The van der Waals surface area contributed by atoms with Crippen molar-refractivity contribution in [1.82, 2.24) is 9.97 Å². The zero-order chi connectivity index (χ0) is 12.3. The lowest BCUT2D eigenvalue weighted by atomic mass is 10.2. The normalized spacial score (nSPS) is 10.0.